The third-order valence-corrected chi connectivity index (χ3v) is 8.02. The summed E-state index contributed by atoms with van der Waals surface area (Å²) in [7, 11) is 0. The van der Waals surface area contributed by atoms with Crippen molar-refractivity contribution in [3.8, 4) is 5.75 Å². The number of nitrogen functional groups attached to an aromatic ring is 1. The molecular formula is C33H39N9O. The highest BCUT2D eigenvalue weighted by atomic mass is 16.5. The Labute approximate surface area is 252 Å². The zero-order valence-corrected chi connectivity index (χ0v) is 24.7. The molecule has 1 fully saturated rings. The molecule has 4 N–H and O–H groups in total. The summed E-state index contributed by atoms with van der Waals surface area (Å²) in [5.74, 6) is 2.56. The van der Waals surface area contributed by atoms with E-state index in [1.807, 2.05) is 43.5 Å². The normalized spacial score (nSPS) is 14.3. The third kappa shape index (κ3) is 7.45. The number of nitrogens with one attached hydrogen (secondary N) is 2. The summed E-state index contributed by atoms with van der Waals surface area (Å²) in [5.41, 5.74) is 10.7. The molecule has 1 aliphatic heterocycles. The molecule has 4 heterocycles. The quantitative estimate of drug-likeness (QED) is 0.172. The zero-order valence-electron chi connectivity index (χ0n) is 24.7. The van der Waals surface area contributed by atoms with E-state index < -0.39 is 0 Å². The topological polar surface area (TPSA) is 127 Å². The summed E-state index contributed by atoms with van der Waals surface area (Å²) < 4.78 is 6.24. The van der Waals surface area contributed by atoms with E-state index >= 15 is 0 Å². The van der Waals surface area contributed by atoms with Crippen LogP contribution in [0.5, 0.6) is 5.75 Å². The first-order chi connectivity index (χ1) is 21.1. The van der Waals surface area contributed by atoms with Crippen LogP contribution in [0, 0.1) is 12.8 Å². The lowest BCUT2D eigenvalue weighted by molar-refractivity contribution is 0.145. The molecule has 5 aromatic rings. The number of nitrogens with zero attached hydrogens (tertiary/aromatic N) is 6. The first kappa shape index (κ1) is 28.5. The number of ether oxygens (including phenoxy) is 1. The van der Waals surface area contributed by atoms with Crippen LogP contribution in [-0.2, 0) is 6.42 Å². The highest BCUT2D eigenvalue weighted by Crippen LogP contribution is 2.26. The first-order valence-electron chi connectivity index (χ1n) is 15.1. The van der Waals surface area contributed by atoms with Crippen molar-refractivity contribution in [1.82, 2.24) is 29.8 Å². The lowest BCUT2D eigenvalue weighted by Gasteiger charge is -2.32. The van der Waals surface area contributed by atoms with Gasteiger partial charge in [0.2, 0.25) is 5.95 Å². The van der Waals surface area contributed by atoms with Crippen LogP contribution in [0.3, 0.4) is 0 Å². The Morgan fingerprint density at radius 1 is 0.907 bits per heavy atom. The molecule has 0 bridgehead atoms. The second-order valence-electron chi connectivity index (χ2n) is 11.2. The number of likely N-dealkylation sites (tertiary alicyclic amines) is 1. The second-order valence-corrected chi connectivity index (χ2v) is 11.2. The van der Waals surface area contributed by atoms with Gasteiger partial charge in [0.15, 0.2) is 0 Å². The van der Waals surface area contributed by atoms with Crippen LogP contribution < -0.4 is 21.1 Å². The molecule has 0 unspecified atom stereocenters. The van der Waals surface area contributed by atoms with Gasteiger partial charge in [-0.15, -0.1) is 0 Å². The first-order valence-corrected chi connectivity index (χ1v) is 15.1. The third-order valence-electron chi connectivity index (χ3n) is 8.02. The fraction of sp³-hybridized carbons (Fsp3) is 0.364. The minimum atomic E-state index is 0.326. The standard InChI is InChI=1S/C33H39N9O/c1-23-19-25(41-33(34)40-23)5-4-13-37-32-28-9-8-26(20-31(28)38-22-39-32)43-21-24-11-16-42(17-12-24)18-15-36-30-10-14-35-29-7-3-2-6-27(29)30/h2-3,6-10,14,19-20,22,24H,4-5,11-13,15-18,21H2,1H3,(H,35,36)(H2,34,40,41)(H,37,38,39). The smallest absolute Gasteiger partial charge is 0.220 e. The Balaban J connectivity index is 0.933. The van der Waals surface area contributed by atoms with Crippen LogP contribution in [0.15, 0.2) is 67.1 Å². The highest BCUT2D eigenvalue weighted by molar-refractivity contribution is 5.91. The van der Waals surface area contributed by atoms with Gasteiger partial charge in [0.05, 0.1) is 17.6 Å². The lowest BCUT2D eigenvalue weighted by Crippen LogP contribution is -2.38. The van der Waals surface area contributed by atoms with Crippen LogP contribution in [0.4, 0.5) is 17.5 Å². The molecule has 2 aromatic carbocycles. The molecule has 1 aliphatic rings. The summed E-state index contributed by atoms with van der Waals surface area (Å²) in [6.07, 6.45) is 7.48. The summed E-state index contributed by atoms with van der Waals surface area (Å²) in [6, 6.07) is 18.4. The molecule has 0 saturated carbocycles. The van der Waals surface area contributed by atoms with E-state index in [1.54, 1.807) is 6.33 Å². The van der Waals surface area contributed by atoms with Crippen molar-refractivity contribution in [2.45, 2.75) is 32.6 Å². The maximum Gasteiger partial charge on any atom is 0.220 e. The van der Waals surface area contributed by atoms with Gasteiger partial charge >= 0.3 is 0 Å². The van der Waals surface area contributed by atoms with Gasteiger partial charge in [-0.25, -0.2) is 19.9 Å². The molecule has 0 amide bonds. The maximum absolute atomic E-state index is 6.24. The average molecular weight is 578 g/mol. The van der Waals surface area contributed by atoms with Crippen LogP contribution in [-0.4, -0.2) is 69.2 Å². The molecule has 10 heteroatoms. The Morgan fingerprint density at radius 2 is 1.79 bits per heavy atom. The Kier molecular flexibility index (Phi) is 9.03. The van der Waals surface area contributed by atoms with E-state index in [-0.39, 0.29) is 0 Å². The largest absolute Gasteiger partial charge is 0.493 e. The van der Waals surface area contributed by atoms with Gasteiger partial charge in [-0.1, -0.05) is 18.2 Å². The summed E-state index contributed by atoms with van der Waals surface area (Å²) >= 11 is 0. The van der Waals surface area contributed by atoms with E-state index in [1.165, 1.54) is 5.39 Å². The molecule has 43 heavy (non-hydrogen) atoms. The number of aromatic nitrogens is 5. The van der Waals surface area contributed by atoms with E-state index in [9.17, 15) is 0 Å². The molecular weight excluding hydrogens is 538 g/mol. The van der Waals surface area contributed by atoms with Gasteiger partial charge in [0, 0.05) is 59.7 Å². The summed E-state index contributed by atoms with van der Waals surface area (Å²) in [5, 5.41) is 9.21. The Morgan fingerprint density at radius 3 is 2.67 bits per heavy atom. The van der Waals surface area contributed by atoms with E-state index in [0.717, 1.165) is 110 Å². The van der Waals surface area contributed by atoms with Gasteiger partial charge < -0.3 is 26.0 Å². The molecule has 1 saturated heterocycles. The number of aryl methyl sites for hydroxylation is 2. The molecule has 222 valence electrons. The predicted octanol–water partition coefficient (Wildman–Crippen LogP) is 5.11. The average Bonchev–Trinajstić information content (AvgIpc) is 3.02. The van der Waals surface area contributed by atoms with Gasteiger partial charge in [0.1, 0.15) is 17.9 Å². The molecule has 0 spiro atoms. The van der Waals surface area contributed by atoms with Crippen molar-refractivity contribution >= 4 is 39.3 Å². The van der Waals surface area contributed by atoms with Gasteiger partial charge in [-0.3, -0.25) is 4.98 Å². The molecule has 3 aromatic heterocycles. The molecule has 0 aliphatic carbocycles. The van der Waals surface area contributed by atoms with Crippen molar-refractivity contribution in [1.29, 1.82) is 0 Å². The van der Waals surface area contributed by atoms with Crippen molar-refractivity contribution in [2.24, 2.45) is 5.92 Å². The zero-order chi connectivity index (χ0) is 29.4. The fourth-order valence-corrected chi connectivity index (χ4v) is 5.72. The van der Waals surface area contributed by atoms with Crippen LogP contribution in [0.25, 0.3) is 21.8 Å². The number of hydrogen-bond donors (Lipinski definition) is 3. The number of piperidine rings is 1. The van der Waals surface area contributed by atoms with Crippen molar-refractivity contribution in [3.05, 3.63) is 78.5 Å². The number of fused-ring (bicyclic) bond motifs is 2. The number of benzene rings is 2. The minimum Gasteiger partial charge on any atom is -0.493 e. The number of para-hydroxylation sites is 1. The van der Waals surface area contributed by atoms with Crippen LogP contribution in [0.1, 0.15) is 30.7 Å². The van der Waals surface area contributed by atoms with E-state index in [0.29, 0.717) is 11.9 Å². The van der Waals surface area contributed by atoms with Crippen molar-refractivity contribution in [2.75, 3.05) is 55.7 Å². The lowest BCUT2D eigenvalue weighted by atomic mass is 9.98. The number of hydrogen-bond acceptors (Lipinski definition) is 10. The van der Waals surface area contributed by atoms with Gasteiger partial charge in [-0.05, 0) is 81.9 Å². The Hall–Kier alpha value is -4.57. The molecule has 6 rings (SSSR count). The van der Waals surface area contributed by atoms with Gasteiger partial charge in [-0.2, -0.15) is 0 Å². The SMILES string of the molecule is Cc1cc(CCCNc2ncnc3cc(OCC4CCN(CCNc5ccnc6ccccc56)CC4)ccc23)nc(N)n1. The summed E-state index contributed by atoms with van der Waals surface area (Å²) in [6.45, 7) is 7.56. The van der Waals surface area contributed by atoms with E-state index in [2.05, 4.69) is 64.7 Å². The number of anilines is 3. The van der Waals surface area contributed by atoms with Crippen LogP contribution in [0.2, 0.25) is 0 Å². The van der Waals surface area contributed by atoms with Crippen LogP contribution >= 0.6 is 0 Å². The fourth-order valence-electron chi connectivity index (χ4n) is 5.72. The van der Waals surface area contributed by atoms with Gasteiger partial charge in [0.25, 0.3) is 0 Å². The highest BCUT2D eigenvalue weighted by Gasteiger charge is 2.20. The predicted molar refractivity (Wildman–Crippen MR) is 172 cm³/mol. The Bertz CT molecular complexity index is 1640. The van der Waals surface area contributed by atoms with E-state index in [4.69, 9.17) is 10.5 Å². The molecule has 0 atom stereocenters. The number of nitrogens with two attached hydrogens (primary N) is 1. The summed E-state index contributed by atoms with van der Waals surface area (Å²) in [4.78, 5) is 24.4. The number of rotatable bonds is 12. The maximum atomic E-state index is 6.24. The molecule has 0 radical (unpaired) electrons. The van der Waals surface area contributed by atoms with Crippen molar-refractivity contribution < 1.29 is 4.74 Å². The minimum absolute atomic E-state index is 0.326. The molecule has 10 nitrogen and oxygen atoms in total. The number of pyridine rings is 1. The second kappa shape index (κ2) is 13.6. The van der Waals surface area contributed by atoms with Crippen molar-refractivity contribution in [3.63, 3.8) is 0 Å². The monoisotopic (exact) mass is 577 g/mol.